The number of nitrogens with zero attached hydrogens (tertiary/aromatic N) is 3. The molecule has 0 radical (unpaired) electrons. The summed E-state index contributed by atoms with van der Waals surface area (Å²) in [4.78, 5) is 11.0. The van der Waals surface area contributed by atoms with Crippen molar-refractivity contribution in [3.05, 3.63) is 35.3 Å². The van der Waals surface area contributed by atoms with Crippen LogP contribution in [0.25, 0.3) is 10.6 Å². The van der Waals surface area contributed by atoms with E-state index in [1.165, 1.54) is 0 Å². The van der Waals surface area contributed by atoms with Gasteiger partial charge < -0.3 is 15.0 Å². The first-order valence-corrected chi connectivity index (χ1v) is 11.6. The number of benzene rings is 1. The molecule has 1 fully saturated rings. The smallest absolute Gasteiger partial charge is 0.194 e. The normalized spacial score (nSPS) is 18.7. The predicted octanol–water partition coefficient (Wildman–Crippen LogP) is 2.40. The Balaban J connectivity index is 1.64. The van der Waals surface area contributed by atoms with Gasteiger partial charge in [-0.3, -0.25) is 4.99 Å². The van der Waals surface area contributed by atoms with Crippen LogP contribution in [0.1, 0.15) is 19.5 Å². The number of methoxy groups -OCH3 is 1. The van der Waals surface area contributed by atoms with E-state index in [-0.39, 0.29) is 5.75 Å². The van der Waals surface area contributed by atoms with E-state index in [9.17, 15) is 8.42 Å². The van der Waals surface area contributed by atoms with Gasteiger partial charge in [-0.25, -0.2) is 13.4 Å². The Labute approximate surface area is 170 Å². The number of guanidine groups is 1. The van der Waals surface area contributed by atoms with Crippen molar-refractivity contribution >= 4 is 27.1 Å². The molecule has 1 aliphatic rings. The van der Waals surface area contributed by atoms with Crippen LogP contribution in [0.3, 0.4) is 0 Å². The lowest BCUT2D eigenvalue weighted by molar-refractivity contribution is 0.353. The van der Waals surface area contributed by atoms with Crippen LogP contribution in [0, 0.1) is 0 Å². The zero-order valence-corrected chi connectivity index (χ0v) is 18.2. The fourth-order valence-corrected chi connectivity index (χ4v) is 5.27. The van der Waals surface area contributed by atoms with Crippen LogP contribution < -0.4 is 10.1 Å². The predicted molar refractivity (Wildman–Crippen MR) is 114 cm³/mol. The number of aromatic nitrogens is 1. The van der Waals surface area contributed by atoms with E-state index in [4.69, 9.17) is 4.74 Å². The minimum atomic E-state index is -3.08. The first-order chi connectivity index (χ1) is 13.3. The van der Waals surface area contributed by atoms with Crippen molar-refractivity contribution in [1.82, 2.24) is 15.2 Å². The molecule has 2 aromatic rings. The summed E-state index contributed by atoms with van der Waals surface area (Å²) in [5.74, 6) is 1.65. The summed E-state index contributed by atoms with van der Waals surface area (Å²) in [6, 6.07) is 7.82. The highest BCUT2D eigenvalue weighted by Gasteiger charge is 2.40. The van der Waals surface area contributed by atoms with Gasteiger partial charge in [-0.1, -0.05) is 0 Å². The van der Waals surface area contributed by atoms with E-state index < -0.39 is 14.6 Å². The molecule has 1 aromatic carbocycles. The molecule has 3 rings (SSSR count). The monoisotopic (exact) mass is 422 g/mol. The van der Waals surface area contributed by atoms with E-state index in [1.807, 2.05) is 34.5 Å². The molecule has 0 amide bonds. The van der Waals surface area contributed by atoms with Crippen molar-refractivity contribution in [2.45, 2.75) is 25.1 Å². The maximum Gasteiger partial charge on any atom is 0.194 e. The molecular weight excluding hydrogens is 396 g/mol. The van der Waals surface area contributed by atoms with Crippen LogP contribution in [0.2, 0.25) is 0 Å². The summed E-state index contributed by atoms with van der Waals surface area (Å²) in [5.41, 5.74) is 1.96. The van der Waals surface area contributed by atoms with E-state index in [1.54, 1.807) is 39.3 Å². The van der Waals surface area contributed by atoms with Gasteiger partial charge in [0.05, 0.1) is 29.8 Å². The summed E-state index contributed by atoms with van der Waals surface area (Å²) >= 11 is 1.59. The van der Waals surface area contributed by atoms with Gasteiger partial charge in [0, 0.05) is 31.1 Å². The number of hydrogen-bond donors (Lipinski definition) is 1. The number of ether oxygens (including phenoxy) is 1. The molecule has 1 aromatic heterocycles. The van der Waals surface area contributed by atoms with Gasteiger partial charge in [0.15, 0.2) is 15.8 Å². The molecule has 1 N–H and O–H groups in total. The Morgan fingerprint density at radius 1 is 1.36 bits per heavy atom. The van der Waals surface area contributed by atoms with Crippen LogP contribution >= 0.6 is 11.3 Å². The van der Waals surface area contributed by atoms with Gasteiger partial charge in [-0.05, 0) is 38.1 Å². The van der Waals surface area contributed by atoms with Gasteiger partial charge in [0.25, 0.3) is 0 Å². The van der Waals surface area contributed by atoms with Crippen molar-refractivity contribution in [3.63, 3.8) is 0 Å². The van der Waals surface area contributed by atoms with Crippen molar-refractivity contribution in [2.75, 3.05) is 33.0 Å². The van der Waals surface area contributed by atoms with Crippen LogP contribution in [0.5, 0.6) is 5.75 Å². The lowest BCUT2D eigenvalue weighted by Crippen LogP contribution is -2.57. The summed E-state index contributed by atoms with van der Waals surface area (Å²) in [7, 11) is 0.278. The topological polar surface area (TPSA) is 83.9 Å². The molecule has 28 heavy (non-hydrogen) atoms. The van der Waals surface area contributed by atoms with Crippen molar-refractivity contribution < 1.29 is 13.2 Å². The lowest BCUT2D eigenvalue weighted by Gasteiger charge is -2.39. The quantitative estimate of drug-likeness (QED) is 0.602. The SMILES string of the molecule is CN=C(NCc1csc(-c2ccc(OC)cc2)n1)N1CCS(=O)(=O)C(C)(C)C1. The van der Waals surface area contributed by atoms with Crippen LogP contribution in [-0.4, -0.2) is 62.0 Å². The second-order valence-electron chi connectivity index (χ2n) is 7.27. The number of hydrogen-bond acceptors (Lipinski definition) is 6. The van der Waals surface area contributed by atoms with Gasteiger partial charge in [0.1, 0.15) is 10.8 Å². The molecule has 152 valence electrons. The third kappa shape index (κ3) is 4.30. The Morgan fingerprint density at radius 2 is 2.07 bits per heavy atom. The van der Waals surface area contributed by atoms with Crippen molar-refractivity contribution in [1.29, 1.82) is 0 Å². The fourth-order valence-electron chi connectivity index (χ4n) is 3.08. The van der Waals surface area contributed by atoms with Crippen LogP contribution in [0.15, 0.2) is 34.6 Å². The summed E-state index contributed by atoms with van der Waals surface area (Å²) in [5, 5.41) is 6.27. The molecule has 2 heterocycles. The first kappa shape index (κ1) is 20.6. The highest BCUT2D eigenvalue weighted by molar-refractivity contribution is 7.92. The molecule has 0 saturated carbocycles. The standard InChI is InChI=1S/C19H26N4O3S2/c1-19(2)13-23(9-10-28(19,24)25)18(20-3)21-11-15-12-27-17(22-15)14-5-7-16(26-4)8-6-14/h5-8,12H,9-11,13H2,1-4H3,(H,20,21). The third-order valence-corrected chi connectivity index (χ3v) is 8.34. The molecule has 0 spiro atoms. The molecule has 7 nitrogen and oxygen atoms in total. The minimum Gasteiger partial charge on any atom is -0.497 e. The van der Waals surface area contributed by atoms with E-state index in [0.29, 0.717) is 25.6 Å². The average molecular weight is 423 g/mol. The van der Waals surface area contributed by atoms with E-state index in [0.717, 1.165) is 22.0 Å². The average Bonchev–Trinajstić information content (AvgIpc) is 3.14. The molecule has 0 aliphatic carbocycles. The highest BCUT2D eigenvalue weighted by Crippen LogP contribution is 2.26. The Morgan fingerprint density at radius 3 is 2.68 bits per heavy atom. The van der Waals surface area contributed by atoms with Gasteiger partial charge in [-0.15, -0.1) is 11.3 Å². The Bertz CT molecular complexity index is 950. The number of thiazole rings is 1. The van der Waals surface area contributed by atoms with Gasteiger partial charge in [-0.2, -0.15) is 0 Å². The number of nitrogens with one attached hydrogen (secondary N) is 1. The summed E-state index contributed by atoms with van der Waals surface area (Å²) < 4.78 is 28.8. The number of aliphatic imine (C=N–C) groups is 1. The largest absolute Gasteiger partial charge is 0.497 e. The van der Waals surface area contributed by atoms with E-state index in [2.05, 4.69) is 15.3 Å². The zero-order chi connectivity index (χ0) is 20.4. The lowest BCUT2D eigenvalue weighted by atomic mass is 10.2. The highest BCUT2D eigenvalue weighted by atomic mass is 32.2. The zero-order valence-electron chi connectivity index (χ0n) is 16.6. The molecule has 0 bridgehead atoms. The molecule has 9 heteroatoms. The first-order valence-electron chi connectivity index (χ1n) is 9.02. The second-order valence-corrected chi connectivity index (χ2v) is 10.9. The van der Waals surface area contributed by atoms with Gasteiger partial charge in [0.2, 0.25) is 0 Å². The van der Waals surface area contributed by atoms with Crippen molar-refractivity contribution in [3.8, 4) is 16.3 Å². The van der Waals surface area contributed by atoms with Gasteiger partial charge >= 0.3 is 0 Å². The molecule has 1 saturated heterocycles. The number of rotatable bonds is 4. The molecular formula is C19H26N4O3S2. The van der Waals surface area contributed by atoms with E-state index >= 15 is 0 Å². The Hall–Kier alpha value is -2.13. The summed E-state index contributed by atoms with van der Waals surface area (Å²) in [6.07, 6.45) is 0. The minimum absolute atomic E-state index is 0.138. The Kier molecular flexibility index (Phi) is 5.95. The van der Waals surface area contributed by atoms with Crippen molar-refractivity contribution in [2.24, 2.45) is 4.99 Å². The molecule has 0 atom stereocenters. The second kappa shape index (κ2) is 8.08. The fraction of sp³-hybridized carbons (Fsp3) is 0.474. The molecule has 1 aliphatic heterocycles. The number of sulfone groups is 1. The molecule has 0 unspecified atom stereocenters. The van der Waals surface area contributed by atoms with Crippen LogP contribution in [-0.2, 0) is 16.4 Å². The maximum absolute atomic E-state index is 12.2. The maximum atomic E-state index is 12.2. The van der Waals surface area contributed by atoms with Crippen LogP contribution in [0.4, 0.5) is 0 Å². The third-order valence-electron chi connectivity index (χ3n) is 4.87. The summed E-state index contributed by atoms with van der Waals surface area (Å²) in [6.45, 7) is 4.93.